The number of benzene rings is 2. The fourth-order valence-corrected chi connectivity index (χ4v) is 2.33. The third-order valence-corrected chi connectivity index (χ3v) is 3.61. The van der Waals surface area contributed by atoms with Gasteiger partial charge in [0.25, 0.3) is 0 Å². The molecule has 0 amide bonds. The molecule has 0 saturated heterocycles. The monoisotopic (exact) mass is 270 g/mol. The van der Waals surface area contributed by atoms with Gasteiger partial charge in [0, 0.05) is 12.5 Å². The predicted molar refractivity (Wildman–Crippen MR) is 73.5 cm³/mol. The van der Waals surface area contributed by atoms with Crippen molar-refractivity contribution in [2.75, 3.05) is 0 Å². The van der Waals surface area contributed by atoms with Crippen LogP contribution in [0.1, 0.15) is 29.5 Å². The number of fused-ring (bicyclic) bond motifs is 2. The van der Waals surface area contributed by atoms with Crippen molar-refractivity contribution in [3.63, 3.8) is 0 Å². The molecule has 1 aliphatic rings. The fourth-order valence-electron chi connectivity index (χ4n) is 2.33. The molecular weight excluding hydrogens is 256 g/mol. The first kappa shape index (κ1) is 12.5. The van der Waals surface area contributed by atoms with E-state index < -0.39 is 11.9 Å². The molecule has 0 aromatic heterocycles. The van der Waals surface area contributed by atoms with Gasteiger partial charge in [-0.3, -0.25) is 4.79 Å². The van der Waals surface area contributed by atoms with Crippen LogP contribution in [0.5, 0.6) is 17.2 Å². The van der Waals surface area contributed by atoms with Gasteiger partial charge in [-0.2, -0.15) is 0 Å². The van der Waals surface area contributed by atoms with E-state index >= 15 is 0 Å². The van der Waals surface area contributed by atoms with Gasteiger partial charge < -0.3 is 14.9 Å². The van der Waals surface area contributed by atoms with Crippen LogP contribution < -0.4 is 4.74 Å². The number of rotatable bonds is 2. The number of carbonyl (C=O) groups is 1. The number of hydrogen-bond donors (Lipinski definition) is 2. The number of phenolic OH excluding ortho intramolecular Hbond substituents is 1. The van der Waals surface area contributed by atoms with Gasteiger partial charge in [0.05, 0.1) is 5.92 Å². The maximum Gasteiger partial charge on any atom is 0.310 e. The first-order valence-corrected chi connectivity index (χ1v) is 6.40. The maximum absolute atomic E-state index is 11.0. The molecule has 20 heavy (non-hydrogen) atoms. The highest BCUT2D eigenvalue weighted by molar-refractivity contribution is 5.76. The van der Waals surface area contributed by atoms with Crippen LogP contribution in [-0.2, 0) is 11.2 Å². The van der Waals surface area contributed by atoms with Crippen LogP contribution in [0.2, 0.25) is 0 Å². The van der Waals surface area contributed by atoms with Crippen LogP contribution in [-0.4, -0.2) is 16.2 Å². The minimum atomic E-state index is -0.862. The number of carboxylic acids is 1. The molecule has 0 radical (unpaired) electrons. The topological polar surface area (TPSA) is 66.8 Å². The van der Waals surface area contributed by atoms with E-state index in [2.05, 4.69) is 0 Å². The van der Waals surface area contributed by atoms with Crippen LogP contribution in [0.15, 0.2) is 36.4 Å². The second-order valence-corrected chi connectivity index (χ2v) is 5.00. The molecule has 0 fully saturated rings. The molecule has 2 aromatic rings. The fraction of sp³-hybridized carbons (Fsp3) is 0.188. The van der Waals surface area contributed by atoms with E-state index in [1.165, 1.54) is 0 Å². The minimum Gasteiger partial charge on any atom is -0.508 e. The third kappa shape index (κ3) is 2.09. The normalized spacial score (nSPS) is 13.8. The van der Waals surface area contributed by atoms with Crippen molar-refractivity contribution in [3.8, 4) is 17.2 Å². The Labute approximate surface area is 116 Å². The lowest BCUT2D eigenvalue weighted by Gasteiger charge is -2.21. The number of aromatic hydroxyl groups is 1. The number of hydrogen-bond acceptors (Lipinski definition) is 3. The SMILES string of the molecule is CC(C(=O)O)c1ccc2c(c1)Oc1cc(O)ccc1C2. The summed E-state index contributed by atoms with van der Waals surface area (Å²) in [6.45, 7) is 1.65. The zero-order valence-electron chi connectivity index (χ0n) is 11.0. The molecule has 2 aromatic carbocycles. The highest BCUT2D eigenvalue weighted by Crippen LogP contribution is 2.39. The lowest BCUT2D eigenvalue weighted by atomic mass is 9.95. The molecule has 0 spiro atoms. The average molecular weight is 270 g/mol. The molecule has 1 unspecified atom stereocenters. The Morgan fingerprint density at radius 1 is 1.15 bits per heavy atom. The molecule has 0 aliphatic carbocycles. The van der Waals surface area contributed by atoms with Gasteiger partial charge in [0.2, 0.25) is 0 Å². The molecule has 0 bridgehead atoms. The lowest BCUT2D eigenvalue weighted by Crippen LogP contribution is -2.09. The van der Waals surface area contributed by atoms with Crippen molar-refractivity contribution in [3.05, 3.63) is 53.1 Å². The van der Waals surface area contributed by atoms with E-state index in [4.69, 9.17) is 9.84 Å². The number of carboxylic acid groups (broad SMARTS) is 1. The Morgan fingerprint density at radius 2 is 1.80 bits per heavy atom. The van der Waals surface area contributed by atoms with Gasteiger partial charge in [-0.15, -0.1) is 0 Å². The molecule has 1 heterocycles. The quantitative estimate of drug-likeness (QED) is 0.750. The summed E-state index contributed by atoms with van der Waals surface area (Å²) in [6, 6.07) is 10.5. The zero-order chi connectivity index (χ0) is 14.3. The van der Waals surface area contributed by atoms with Gasteiger partial charge in [0.1, 0.15) is 17.2 Å². The Balaban J connectivity index is 1.99. The molecule has 0 saturated carbocycles. The zero-order valence-corrected chi connectivity index (χ0v) is 11.0. The summed E-state index contributed by atoms with van der Waals surface area (Å²) < 4.78 is 5.78. The standard InChI is InChI=1S/C16H14O4/c1-9(16(18)19)10-2-3-11-6-12-4-5-13(17)8-15(12)20-14(11)7-10/h2-5,7-9,17H,6H2,1H3,(H,18,19). The minimum absolute atomic E-state index is 0.155. The summed E-state index contributed by atoms with van der Waals surface area (Å²) in [4.78, 5) is 11.0. The Bertz CT molecular complexity index is 691. The van der Waals surface area contributed by atoms with E-state index in [-0.39, 0.29) is 5.75 Å². The first-order chi connectivity index (χ1) is 9.54. The van der Waals surface area contributed by atoms with Crippen molar-refractivity contribution >= 4 is 5.97 Å². The van der Waals surface area contributed by atoms with Crippen LogP contribution >= 0.6 is 0 Å². The second kappa shape index (κ2) is 4.56. The van der Waals surface area contributed by atoms with Gasteiger partial charge in [0.15, 0.2) is 0 Å². The summed E-state index contributed by atoms with van der Waals surface area (Å²) in [5.74, 6) is 0.00173. The van der Waals surface area contributed by atoms with Crippen LogP contribution in [0.25, 0.3) is 0 Å². The molecule has 4 heteroatoms. The van der Waals surface area contributed by atoms with Gasteiger partial charge in [-0.25, -0.2) is 0 Å². The highest BCUT2D eigenvalue weighted by Gasteiger charge is 2.20. The average Bonchev–Trinajstić information content (AvgIpc) is 2.43. The summed E-state index contributed by atoms with van der Waals surface area (Å²) in [5, 5.41) is 18.6. The summed E-state index contributed by atoms with van der Waals surface area (Å²) in [5.41, 5.74) is 2.73. The Morgan fingerprint density at radius 3 is 2.50 bits per heavy atom. The van der Waals surface area contributed by atoms with Crippen LogP contribution in [0.3, 0.4) is 0 Å². The van der Waals surface area contributed by atoms with E-state index in [1.807, 2.05) is 18.2 Å². The van der Waals surface area contributed by atoms with Crippen LogP contribution in [0, 0.1) is 0 Å². The highest BCUT2D eigenvalue weighted by atomic mass is 16.5. The first-order valence-electron chi connectivity index (χ1n) is 6.40. The van der Waals surface area contributed by atoms with Crippen molar-refractivity contribution < 1.29 is 19.7 Å². The summed E-state index contributed by atoms with van der Waals surface area (Å²) in [6.07, 6.45) is 0.715. The number of phenols is 1. The molecular formula is C16H14O4. The van der Waals surface area contributed by atoms with Crippen molar-refractivity contribution in [1.82, 2.24) is 0 Å². The van der Waals surface area contributed by atoms with Crippen molar-refractivity contribution in [2.24, 2.45) is 0 Å². The van der Waals surface area contributed by atoms with Gasteiger partial charge in [-0.1, -0.05) is 18.2 Å². The molecule has 2 N–H and O–H groups in total. The van der Waals surface area contributed by atoms with E-state index in [9.17, 15) is 9.90 Å². The summed E-state index contributed by atoms with van der Waals surface area (Å²) >= 11 is 0. The molecule has 3 rings (SSSR count). The second-order valence-electron chi connectivity index (χ2n) is 5.00. The number of ether oxygens (including phenoxy) is 1. The molecule has 4 nitrogen and oxygen atoms in total. The van der Waals surface area contributed by atoms with E-state index in [0.717, 1.165) is 11.1 Å². The predicted octanol–water partition coefficient (Wildman–Crippen LogP) is 3.28. The van der Waals surface area contributed by atoms with Gasteiger partial charge >= 0.3 is 5.97 Å². The molecule has 1 aliphatic heterocycles. The summed E-state index contributed by atoms with van der Waals surface area (Å²) in [7, 11) is 0. The van der Waals surface area contributed by atoms with Crippen molar-refractivity contribution in [1.29, 1.82) is 0 Å². The maximum atomic E-state index is 11.0. The van der Waals surface area contributed by atoms with Crippen LogP contribution in [0.4, 0.5) is 0 Å². The smallest absolute Gasteiger partial charge is 0.310 e. The molecule has 102 valence electrons. The third-order valence-electron chi connectivity index (χ3n) is 3.61. The van der Waals surface area contributed by atoms with E-state index in [1.54, 1.807) is 25.1 Å². The Kier molecular flexibility index (Phi) is 2.86. The van der Waals surface area contributed by atoms with E-state index in [0.29, 0.717) is 23.5 Å². The number of aliphatic carboxylic acids is 1. The van der Waals surface area contributed by atoms with Crippen molar-refractivity contribution in [2.45, 2.75) is 19.3 Å². The van der Waals surface area contributed by atoms with Gasteiger partial charge in [-0.05, 0) is 35.7 Å². The largest absolute Gasteiger partial charge is 0.508 e. The lowest BCUT2D eigenvalue weighted by molar-refractivity contribution is -0.138. The molecule has 1 atom stereocenters. The Hall–Kier alpha value is -2.49.